The first kappa shape index (κ1) is 15.1. The maximum Gasteiger partial charge on any atom is 0.137 e. The Morgan fingerprint density at radius 1 is 1.15 bits per heavy atom. The smallest absolute Gasteiger partial charge is 0.137 e. The third-order valence-electron chi connectivity index (χ3n) is 3.43. The van der Waals surface area contributed by atoms with Gasteiger partial charge in [0, 0.05) is 6.42 Å². The molecule has 106 valence electrons. The van der Waals surface area contributed by atoms with Crippen LogP contribution in [0.3, 0.4) is 0 Å². The summed E-state index contributed by atoms with van der Waals surface area (Å²) in [5.41, 5.74) is 0.145. The molecule has 0 aromatic heterocycles. The molecule has 1 N–H and O–H groups in total. The fourth-order valence-electron chi connectivity index (χ4n) is 2.20. The Bertz CT molecular complexity index is 615. The van der Waals surface area contributed by atoms with Gasteiger partial charge in [0.2, 0.25) is 0 Å². The Morgan fingerprint density at radius 2 is 1.90 bits per heavy atom. The topological polar surface area (TPSA) is 20.2 Å². The summed E-state index contributed by atoms with van der Waals surface area (Å²) in [6.07, 6.45) is 0.733. The summed E-state index contributed by atoms with van der Waals surface area (Å²) in [5, 5.41) is 10.8. The Hall–Kier alpha value is -1.26. The van der Waals surface area contributed by atoms with E-state index in [9.17, 15) is 13.9 Å². The lowest BCUT2D eigenvalue weighted by molar-refractivity contribution is 0.0324. The van der Waals surface area contributed by atoms with E-state index in [1.807, 2.05) is 6.92 Å². The Balaban J connectivity index is 2.33. The van der Waals surface area contributed by atoms with Crippen molar-refractivity contribution in [1.29, 1.82) is 0 Å². The van der Waals surface area contributed by atoms with Gasteiger partial charge >= 0.3 is 0 Å². The van der Waals surface area contributed by atoms with Gasteiger partial charge in [-0.1, -0.05) is 25.1 Å². The zero-order chi connectivity index (χ0) is 14.8. The predicted octanol–water partition coefficient (Wildman–Crippen LogP) is 4.57. The van der Waals surface area contributed by atoms with E-state index in [1.165, 1.54) is 18.2 Å². The molecule has 0 bridgehead atoms. The Kier molecular flexibility index (Phi) is 4.55. The van der Waals surface area contributed by atoms with Crippen LogP contribution in [-0.4, -0.2) is 5.11 Å². The molecule has 0 aliphatic carbocycles. The molecule has 0 fully saturated rings. The van der Waals surface area contributed by atoms with Gasteiger partial charge in [-0.2, -0.15) is 0 Å². The SMILES string of the molecule is CCC(O)(Cc1ccc(F)c(Br)c1)c1cccc(F)c1. The minimum absolute atomic E-state index is 0.297. The van der Waals surface area contributed by atoms with Gasteiger partial charge in [-0.15, -0.1) is 0 Å². The van der Waals surface area contributed by atoms with Crippen molar-refractivity contribution in [2.45, 2.75) is 25.4 Å². The molecule has 0 aliphatic heterocycles. The highest BCUT2D eigenvalue weighted by Gasteiger charge is 2.28. The molecular formula is C16H15BrF2O. The lowest BCUT2D eigenvalue weighted by Crippen LogP contribution is -2.27. The molecule has 1 atom stereocenters. The van der Waals surface area contributed by atoms with Crippen molar-refractivity contribution < 1.29 is 13.9 Å². The van der Waals surface area contributed by atoms with Crippen molar-refractivity contribution in [2.75, 3.05) is 0 Å². The first-order valence-electron chi connectivity index (χ1n) is 6.37. The molecule has 0 radical (unpaired) electrons. The van der Waals surface area contributed by atoms with Gasteiger partial charge in [0.15, 0.2) is 0 Å². The molecule has 1 unspecified atom stereocenters. The summed E-state index contributed by atoms with van der Waals surface area (Å²) >= 11 is 3.13. The highest BCUT2D eigenvalue weighted by molar-refractivity contribution is 9.10. The molecule has 0 spiro atoms. The molecule has 0 saturated carbocycles. The van der Waals surface area contributed by atoms with Crippen molar-refractivity contribution in [2.24, 2.45) is 0 Å². The van der Waals surface area contributed by atoms with Crippen molar-refractivity contribution >= 4 is 15.9 Å². The largest absolute Gasteiger partial charge is 0.385 e. The zero-order valence-corrected chi connectivity index (χ0v) is 12.6. The van der Waals surface area contributed by atoms with Crippen LogP contribution in [0.5, 0.6) is 0 Å². The molecular weight excluding hydrogens is 326 g/mol. The molecule has 20 heavy (non-hydrogen) atoms. The fourth-order valence-corrected chi connectivity index (χ4v) is 2.62. The fraction of sp³-hybridized carbons (Fsp3) is 0.250. The maximum atomic E-state index is 13.3. The van der Waals surface area contributed by atoms with E-state index >= 15 is 0 Å². The van der Waals surface area contributed by atoms with E-state index in [2.05, 4.69) is 15.9 Å². The van der Waals surface area contributed by atoms with E-state index < -0.39 is 5.60 Å². The van der Waals surface area contributed by atoms with Gasteiger partial charge in [0.1, 0.15) is 11.6 Å². The molecule has 4 heteroatoms. The molecule has 0 heterocycles. The first-order valence-corrected chi connectivity index (χ1v) is 7.16. The average molecular weight is 341 g/mol. The number of hydrogen-bond acceptors (Lipinski definition) is 1. The van der Waals surface area contributed by atoms with Gasteiger partial charge in [0.05, 0.1) is 10.1 Å². The summed E-state index contributed by atoms with van der Waals surface area (Å²) in [6, 6.07) is 10.6. The van der Waals surface area contributed by atoms with Gasteiger partial charge in [-0.05, 0) is 57.7 Å². The van der Waals surface area contributed by atoms with Crippen LogP contribution in [0.1, 0.15) is 24.5 Å². The normalized spacial score (nSPS) is 14.1. The highest BCUT2D eigenvalue weighted by atomic mass is 79.9. The third kappa shape index (κ3) is 3.25. The van der Waals surface area contributed by atoms with Crippen LogP contribution in [0.4, 0.5) is 8.78 Å². The van der Waals surface area contributed by atoms with Crippen LogP contribution in [0.25, 0.3) is 0 Å². The monoisotopic (exact) mass is 340 g/mol. The number of halogens is 3. The number of aliphatic hydroxyl groups is 1. The second kappa shape index (κ2) is 6.02. The quantitative estimate of drug-likeness (QED) is 0.864. The van der Waals surface area contributed by atoms with Crippen molar-refractivity contribution in [3.8, 4) is 0 Å². The van der Waals surface area contributed by atoms with Crippen LogP contribution in [-0.2, 0) is 12.0 Å². The Labute approximate surface area is 125 Å². The van der Waals surface area contributed by atoms with Crippen LogP contribution in [0, 0.1) is 11.6 Å². The molecule has 0 amide bonds. The molecule has 0 saturated heterocycles. The van der Waals surface area contributed by atoms with Crippen LogP contribution in [0.2, 0.25) is 0 Å². The second-order valence-corrected chi connectivity index (χ2v) is 5.68. The summed E-state index contributed by atoms with van der Waals surface area (Å²) < 4.78 is 26.9. The van der Waals surface area contributed by atoms with Crippen molar-refractivity contribution in [1.82, 2.24) is 0 Å². The molecule has 2 aromatic rings. The number of hydrogen-bond donors (Lipinski definition) is 1. The third-order valence-corrected chi connectivity index (χ3v) is 4.04. The van der Waals surface area contributed by atoms with Gasteiger partial charge in [-0.3, -0.25) is 0 Å². The lowest BCUT2D eigenvalue weighted by Gasteiger charge is -2.27. The first-order chi connectivity index (χ1) is 9.44. The van der Waals surface area contributed by atoms with Crippen LogP contribution >= 0.6 is 15.9 Å². The lowest BCUT2D eigenvalue weighted by atomic mass is 9.85. The zero-order valence-electron chi connectivity index (χ0n) is 11.0. The van der Waals surface area contributed by atoms with Crippen LogP contribution < -0.4 is 0 Å². The molecule has 0 aliphatic rings. The van der Waals surface area contributed by atoms with E-state index in [1.54, 1.807) is 24.3 Å². The highest BCUT2D eigenvalue weighted by Crippen LogP contribution is 2.30. The minimum atomic E-state index is -1.17. The maximum absolute atomic E-state index is 13.3. The number of benzene rings is 2. The van der Waals surface area contributed by atoms with Crippen LogP contribution in [0.15, 0.2) is 46.9 Å². The molecule has 1 nitrogen and oxygen atoms in total. The van der Waals surface area contributed by atoms with Gasteiger partial charge < -0.3 is 5.11 Å². The molecule has 2 aromatic carbocycles. The second-order valence-electron chi connectivity index (χ2n) is 4.82. The van der Waals surface area contributed by atoms with Crippen molar-refractivity contribution in [3.63, 3.8) is 0 Å². The van der Waals surface area contributed by atoms with E-state index in [4.69, 9.17) is 0 Å². The van der Waals surface area contributed by atoms with E-state index in [-0.39, 0.29) is 11.6 Å². The van der Waals surface area contributed by atoms with Gasteiger partial charge in [0.25, 0.3) is 0 Å². The Morgan fingerprint density at radius 3 is 2.50 bits per heavy atom. The summed E-state index contributed by atoms with van der Waals surface area (Å²) in [7, 11) is 0. The number of rotatable bonds is 4. The molecule has 2 rings (SSSR count). The average Bonchev–Trinajstić information content (AvgIpc) is 2.43. The van der Waals surface area contributed by atoms with Crippen molar-refractivity contribution in [3.05, 3.63) is 69.7 Å². The summed E-state index contributed by atoms with van der Waals surface area (Å²) in [4.78, 5) is 0. The van der Waals surface area contributed by atoms with Gasteiger partial charge in [-0.25, -0.2) is 8.78 Å². The predicted molar refractivity (Wildman–Crippen MR) is 78.4 cm³/mol. The van der Waals surface area contributed by atoms with E-state index in [0.29, 0.717) is 22.9 Å². The minimum Gasteiger partial charge on any atom is -0.385 e. The standard InChI is InChI=1S/C16H15BrF2O/c1-2-16(20,12-4-3-5-13(18)9-12)10-11-6-7-15(19)14(17)8-11/h3-9,20H,2,10H2,1H3. The summed E-state index contributed by atoms with van der Waals surface area (Å²) in [5.74, 6) is -0.728. The van der Waals surface area contributed by atoms with E-state index in [0.717, 1.165) is 5.56 Å². The summed E-state index contributed by atoms with van der Waals surface area (Å²) in [6.45, 7) is 1.84.